The molecule has 0 saturated heterocycles. The number of esters is 2. The number of carbonyl (C=O) groups excluding carboxylic acids is 2. The van der Waals surface area contributed by atoms with Crippen LogP contribution in [0.2, 0.25) is 0 Å². The Labute approximate surface area is 231 Å². The van der Waals surface area contributed by atoms with E-state index in [0.29, 0.717) is 36.2 Å². The van der Waals surface area contributed by atoms with Crippen molar-refractivity contribution in [2.24, 2.45) is 0 Å². The summed E-state index contributed by atoms with van der Waals surface area (Å²) >= 11 is 0. The number of carbonyl (C=O) groups is 2. The molecule has 0 fully saturated rings. The number of ether oxygens (including phenoxy) is 2. The predicted octanol–water partition coefficient (Wildman–Crippen LogP) is 9.91. The highest BCUT2D eigenvalue weighted by Gasteiger charge is 2.22. The van der Waals surface area contributed by atoms with Crippen LogP contribution in [0.3, 0.4) is 0 Å². The standard InChI is InChI=1S/C34H50O4/c1-5-9-11-13-15-17-33(35)37-29-23-19-27(20-24-29)31(7-3)32(8-4)28-21-25-30(26-22-28)38-34(36)18-16-14-12-10-6-2/h19-26,31-32H,5-18H2,1-4H3. The summed E-state index contributed by atoms with van der Waals surface area (Å²) in [4.78, 5) is 24.4. The fourth-order valence-corrected chi connectivity index (χ4v) is 5.18. The summed E-state index contributed by atoms with van der Waals surface area (Å²) in [6.07, 6.45) is 14.1. The molecule has 0 amide bonds. The summed E-state index contributed by atoms with van der Waals surface area (Å²) < 4.78 is 11.1. The Balaban J connectivity index is 1.92. The number of unbranched alkanes of at least 4 members (excludes halogenated alkanes) is 8. The lowest BCUT2D eigenvalue weighted by Crippen LogP contribution is -2.11. The van der Waals surface area contributed by atoms with E-state index in [1.54, 1.807) is 0 Å². The average Bonchev–Trinajstić information content (AvgIpc) is 2.92. The largest absolute Gasteiger partial charge is 0.427 e. The van der Waals surface area contributed by atoms with E-state index >= 15 is 0 Å². The molecular formula is C34H50O4. The van der Waals surface area contributed by atoms with Crippen LogP contribution in [0.15, 0.2) is 48.5 Å². The van der Waals surface area contributed by atoms with Crippen molar-refractivity contribution in [2.75, 3.05) is 0 Å². The smallest absolute Gasteiger partial charge is 0.311 e. The van der Waals surface area contributed by atoms with Gasteiger partial charge >= 0.3 is 11.9 Å². The molecule has 0 aliphatic heterocycles. The van der Waals surface area contributed by atoms with Gasteiger partial charge in [-0.2, -0.15) is 0 Å². The molecule has 2 aromatic rings. The van der Waals surface area contributed by atoms with E-state index in [4.69, 9.17) is 9.47 Å². The van der Waals surface area contributed by atoms with Crippen LogP contribution < -0.4 is 9.47 Å². The zero-order chi connectivity index (χ0) is 27.6. The minimum atomic E-state index is -0.148. The van der Waals surface area contributed by atoms with Gasteiger partial charge in [0.15, 0.2) is 0 Å². The van der Waals surface area contributed by atoms with Crippen LogP contribution in [-0.2, 0) is 9.59 Å². The third-order valence-electron chi connectivity index (χ3n) is 7.41. The second kappa shape index (κ2) is 18.6. The van der Waals surface area contributed by atoms with E-state index in [1.165, 1.54) is 49.7 Å². The average molecular weight is 523 g/mol. The van der Waals surface area contributed by atoms with Gasteiger partial charge < -0.3 is 9.47 Å². The number of benzene rings is 2. The maximum absolute atomic E-state index is 12.2. The molecule has 210 valence electrons. The van der Waals surface area contributed by atoms with Gasteiger partial charge in [0.2, 0.25) is 0 Å². The van der Waals surface area contributed by atoms with Gasteiger partial charge in [-0.3, -0.25) is 9.59 Å². The lowest BCUT2D eigenvalue weighted by atomic mass is 9.78. The van der Waals surface area contributed by atoms with Crippen molar-refractivity contribution in [1.29, 1.82) is 0 Å². The van der Waals surface area contributed by atoms with Crippen LogP contribution in [0, 0.1) is 0 Å². The highest BCUT2D eigenvalue weighted by molar-refractivity contribution is 5.72. The zero-order valence-electron chi connectivity index (χ0n) is 24.3. The van der Waals surface area contributed by atoms with Gasteiger partial charge in [-0.1, -0.05) is 103 Å². The molecule has 2 unspecified atom stereocenters. The number of hydrogen-bond donors (Lipinski definition) is 0. The number of rotatable bonds is 19. The second-order valence-corrected chi connectivity index (χ2v) is 10.4. The highest BCUT2D eigenvalue weighted by Crippen LogP contribution is 2.39. The van der Waals surface area contributed by atoms with E-state index in [-0.39, 0.29) is 11.9 Å². The Hall–Kier alpha value is -2.62. The molecule has 0 N–H and O–H groups in total. The molecule has 0 saturated carbocycles. The Kier molecular flexibility index (Phi) is 15.5. The van der Waals surface area contributed by atoms with Gasteiger partial charge in [-0.05, 0) is 72.9 Å². The van der Waals surface area contributed by atoms with Crippen molar-refractivity contribution < 1.29 is 19.1 Å². The summed E-state index contributed by atoms with van der Waals surface area (Å²) in [6.45, 7) is 8.82. The van der Waals surface area contributed by atoms with Gasteiger partial charge in [0.1, 0.15) is 11.5 Å². The van der Waals surface area contributed by atoms with Crippen LogP contribution in [0.4, 0.5) is 0 Å². The molecule has 0 radical (unpaired) electrons. The molecular weight excluding hydrogens is 472 g/mol. The third kappa shape index (κ3) is 11.4. The Bertz CT molecular complexity index is 839. The van der Waals surface area contributed by atoms with Crippen LogP contribution in [0.5, 0.6) is 11.5 Å². The van der Waals surface area contributed by atoms with Gasteiger partial charge in [0.05, 0.1) is 0 Å². The van der Waals surface area contributed by atoms with E-state index in [9.17, 15) is 9.59 Å². The maximum atomic E-state index is 12.2. The molecule has 4 heteroatoms. The molecule has 0 aromatic heterocycles. The monoisotopic (exact) mass is 522 g/mol. The molecule has 0 bridgehead atoms. The summed E-state index contributed by atoms with van der Waals surface area (Å²) in [6, 6.07) is 16.1. The predicted molar refractivity (Wildman–Crippen MR) is 157 cm³/mol. The first kappa shape index (κ1) is 31.6. The lowest BCUT2D eigenvalue weighted by molar-refractivity contribution is -0.135. The first-order valence-corrected chi connectivity index (χ1v) is 15.1. The minimum Gasteiger partial charge on any atom is -0.427 e. The molecule has 2 atom stereocenters. The SMILES string of the molecule is CCCCCCCC(=O)Oc1ccc(C(CC)C(CC)c2ccc(OC(=O)CCCCCCC)cc2)cc1. The molecule has 0 aliphatic rings. The van der Waals surface area contributed by atoms with Crippen molar-refractivity contribution in [2.45, 2.75) is 129 Å². The molecule has 38 heavy (non-hydrogen) atoms. The van der Waals surface area contributed by atoms with Crippen LogP contribution in [-0.4, -0.2) is 11.9 Å². The molecule has 0 aliphatic carbocycles. The maximum Gasteiger partial charge on any atom is 0.311 e. The van der Waals surface area contributed by atoms with Crippen molar-refractivity contribution >= 4 is 11.9 Å². The lowest BCUT2D eigenvalue weighted by Gasteiger charge is -2.26. The summed E-state index contributed by atoms with van der Waals surface area (Å²) in [7, 11) is 0. The van der Waals surface area contributed by atoms with Crippen molar-refractivity contribution in [3.8, 4) is 11.5 Å². The highest BCUT2D eigenvalue weighted by atomic mass is 16.5. The normalized spacial score (nSPS) is 12.6. The van der Waals surface area contributed by atoms with Gasteiger partial charge in [0, 0.05) is 12.8 Å². The summed E-state index contributed by atoms with van der Waals surface area (Å²) in [5.74, 6) is 1.63. The Morgan fingerprint density at radius 1 is 0.526 bits per heavy atom. The molecule has 2 rings (SSSR count). The molecule has 4 nitrogen and oxygen atoms in total. The zero-order valence-corrected chi connectivity index (χ0v) is 24.3. The quantitative estimate of drug-likeness (QED) is 0.105. The Morgan fingerprint density at radius 3 is 1.18 bits per heavy atom. The minimum absolute atomic E-state index is 0.148. The fraction of sp³-hybridized carbons (Fsp3) is 0.588. The van der Waals surface area contributed by atoms with E-state index in [1.807, 2.05) is 24.3 Å². The van der Waals surface area contributed by atoms with E-state index in [2.05, 4.69) is 52.0 Å². The van der Waals surface area contributed by atoms with Gasteiger partial charge in [-0.25, -0.2) is 0 Å². The second-order valence-electron chi connectivity index (χ2n) is 10.4. The Morgan fingerprint density at radius 2 is 0.868 bits per heavy atom. The van der Waals surface area contributed by atoms with Crippen LogP contribution >= 0.6 is 0 Å². The third-order valence-corrected chi connectivity index (χ3v) is 7.41. The van der Waals surface area contributed by atoms with Crippen molar-refractivity contribution in [3.63, 3.8) is 0 Å². The molecule has 2 aromatic carbocycles. The van der Waals surface area contributed by atoms with Gasteiger partial charge in [0.25, 0.3) is 0 Å². The van der Waals surface area contributed by atoms with E-state index < -0.39 is 0 Å². The molecule has 0 spiro atoms. The summed E-state index contributed by atoms with van der Waals surface area (Å²) in [5.41, 5.74) is 2.49. The fourth-order valence-electron chi connectivity index (χ4n) is 5.18. The van der Waals surface area contributed by atoms with Crippen molar-refractivity contribution in [1.82, 2.24) is 0 Å². The van der Waals surface area contributed by atoms with Gasteiger partial charge in [-0.15, -0.1) is 0 Å². The van der Waals surface area contributed by atoms with Crippen molar-refractivity contribution in [3.05, 3.63) is 59.7 Å². The first-order valence-electron chi connectivity index (χ1n) is 15.1. The first-order chi connectivity index (χ1) is 18.5. The summed E-state index contributed by atoms with van der Waals surface area (Å²) in [5, 5.41) is 0. The number of hydrogen-bond acceptors (Lipinski definition) is 4. The topological polar surface area (TPSA) is 52.6 Å². The van der Waals surface area contributed by atoms with Crippen LogP contribution in [0.1, 0.15) is 141 Å². The van der Waals surface area contributed by atoms with E-state index in [0.717, 1.165) is 38.5 Å². The van der Waals surface area contributed by atoms with Crippen LogP contribution in [0.25, 0.3) is 0 Å². The molecule has 0 heterocycles.